The van der Waals surface area contributed by atoms with E-state index in [0.29, 0.717) is 34.0 Å². The Morgan fingerprint density at radius 2 is 1.89 bits per heavy atom. The number of primary amides is 1. The third-order valence-corrected chi connectivity index (χ3v) is 3.91. The van der Waals surface area contributed by atoms with Crippen molar-refractivity contribution in [3.8, 4) is 22.8 Å². The lowest BCUT2D eigenvalue weighted by atomic mass is 10.1. The van der Waals surface area contributed by atoms with E-state index in [9.17, 15) is 9.59 Å². The molecule has 27 heavy (non-hydrogen) atoms. The number of hydrogen-bond acceptors (Lipinski definition) is 5. The van der Waals surface area contributed by atoms with Gasteiger partial charge in [0, 0.05) is 22.9 Å². The number of amides is 2. The summed E-state index contributed by atoms with van der Waals surface area (Å²) in [5, 5.41) is 9.58. The van der Waals surface area contributed by atoms with Crippen LogP contribution in [0.25, 0.3) is 11.3 Å². The van der Waals surface area contributed by atoms with E-state index in [0.717, 1.165) is 0 Å². The molecule has 1 aromatic heterocycles. The van der Waals surface area contributed by atoms with Gasteiger partial charge < -0.3 is 20.5 Å². The zero-order valence-corrected chi connectivity index (χ0v) is 14.8. The van der Waals surface area contributed by atoms with Crippen LogP contribution in [-0.4, -0.2) is 36.2 Å². The number of carbonyl (C=O) groups is 2. The summed E-state index contributed by atoms with van der Waals surface area (Å²) >= 11 is 0. The third-order valence-electron chi connectivity index (χ3n) is 3.91. The fourth-order valence-corrected chi connectivity index (χ4v) is 2.53. The van der Waals surface area contributed by atoms with Gasteiger partial charge in [0.1, 0.15) is 17.2 Å². The van der Waals surface area contributed by atoms with Gasteiger partial charge >= 0.3 is 0 Å². The molecule has 0 unspecified atom stereocenters. The molecule has 1 heterocycles. The first-order valence-electron chi connectivity index (χ1n) is 8.01. The number of H-pyrrole nitrogens is 1. The molecule has 0 spiro atoms. The van der Waals surface area contributed by atoms with Crippen LogP contribution in [0.5, 0.6) is 11.5 Å². The van der Waals surface area contributed by atoms with Crippen LogP contribution < -0.4 is 20.5 Å². The van der Waals surface area contributed by atoms with E-state index in [1.807, 2.05) is 0 Å². The number of nitrogens with one attached hydrogen (secondary N) is 2. The first kappa shape index (κ1) is 18.0. The van der Waals surface area contributed by atoms with Crippen LogP contribution in [0.1, 0.15) is 20.8 Å². The van der Waals surface area contributed by atoms with E-state index in [1.165, 1.54) is 6.07 Å². The first-order chi connectivity index (χ1) is 13.0. The van der Waals surface area contributed by atoms with Crippen molar-refractivity contribution in [1.29, 1.82) is 0 Å². The summed E-state index contributed by atoms with van der Waals surface area (Å²) in [5.74, 6) is 0.254. The predicted octanol–water partition coefficient (Wildman–Crippen LogP) is 2.45. The van der Waals surface area contributed by atoms with Crippen molar-refractivity contribution in [2.45, 2.75) is 0 Å². The molecule has 3 rings (SSSR count). The minimum Gasteiger partial charge on any atom is -0.497 e. The molecule has 0 radical (unpaired) electrons. The van der Waals surface area contributed by atoms with Gasteiger partial charge in [-0.25, -0.2) is 0 Å². The van der Waals surface area contributed by atoms with Crippen molar-refractivity contribution in [3.63, 3.8) is 0 Å². The lowest BCUT2D eigenvalue weighted by Gasteiger charge is -2.08. The van der Waals surface area contributed by atoms with Gasteiger partial charge in [-0.15, -0.1) is 0 Å². The number of aromatic amines is 1. The zero-order chi connectivity index (χ0) is 19.4. The number of hydrogen-bond donors (Lipinski definition) is 3. The Kier molecular flexibility index (Phi) is 5.07. The number of anilines is 1. The van der Waals surface area contributed by atoms with Gasteiger partial charge in [-0.1, -0.05) is 6.07 Å². The first-order valence-corrected chi connectivity index (χ1v) is 8.01. The highest BCUT2D eigenvalue weighted by Crippen LogP contribution is 2.32. The highest BCUT2D eigenvalue weighted by molar-refractivity contribution is 6.04. The lowest BCUT2D eigenvalue weighted by molar-refractivity contribution is 0.0995. The molecular formula is C19H18N4O4. The smallest absolute Gasteiger partial charge is 0.273 e. The molecule has 2 aromatic carbocycles. The fourth-order valence-electron chi connectivity index (χ4n) is 2.53. The highest BCUT2D eigenvalue weighted by atomic mass is 16.5. The van der Waals surface area contributed by atoms with Gasteiger partial charge in [-0.2, -0.15) is 5.10 Å². The topological polar surface area (TPSA) is 119 Å². The average Bonchev–Trinajstić information content (AvgIpc) is 3.17. The number of rotatable bonds is 6. The minimum atomic E-state index is -0.568. The molecule has 0 saturated carbocycles. The summed E-state index contributed by atoms with van der Waals surface area (Å²) in [6, 6.07) is 13.3. The van der Waals surface area contributed by atoms with E-state index >= 15 is 0 Å². The zero-order valence-electron chi connectivity index (χ0n) is 14.8. The van der Waals surface area contributed by atoms with E-state index < -0.39 is 11.8 Å². The van der Waals surface area contributed by atoms with Crippen molar-refractivity contribution in [2.75, 3.05) is 19.5 Å². The summed E-state index contributed by atoms with van der Waals surface area (Å²) in [4.78, 5) is 23.7. The Morgan fingerprint density at radius 1 is 1.07 bits per heavy atom. The Morgan fingerprint density at radius 3 is 2.59 bits per heavy atom. The Bertz CT molecular complexity index is 997. The number of aromatic nitrogens is 2. The summed E-state index contributed by atoms with van der Waals surface area (Å²) in [6.45, 7) is 0. The monoisotopic (exact) mass is 366 g/mol. The maximum Gasteiger partial charge on any atom is 0.273 e. The highest BCUT2D eigenvalue weighted by Gasteiger charge is 2.15. The number of benzene rings is 2. The molecule has 0 bridgehead atoms. The van der Waals surface area contributed by atoms with Gasteiger partial charge in [0.05, 0.1) is 19.9 Å². The maximum atomic E-state index is 12.4. The molecule has 2 amide bonds. The molecule has 0 fully saturated rings. The molecule has 3 aromatic rings. The molecule has 0 aliphatic carbocycles. The molecule has 8 nitrogen and oxygen atoms in total. The third kappa shape index (κ3) is 3.90. The van der Waals surface area contributed by atoms with Gasteiger partial charge in [0.25, 0.3) is 5.91 Å². The summed E-state index contributed by atoms with van der Waals surface area (Å²) in [5.41, 5.74) is 7.53. The number of carbonyl (C=O) groups excluding carboxylic acids is 2. The van der Waals surface area contributed by atoms with Crippen molar-refractivity contribution in [1.82, 2.24) is 10.2 Å². The number of nitrogens with zero attached hydrogens (tertiary/aromatic N) is 1. The van der Waals surface area contributed by atoms with Gasteiger partial charge in [-0.05, 0) is 36.4 Å². The van der Waals surface area contributed by atoms with Crippen LogP contribution in [0.3, 0.4) is 0 Å². The normalized spacial score (nSPS) is 10.3. The molecule has 0 aliphatic heterocycles. The Labute approximate surface area is 155 Å². The fraction of sp³-hybridized carbons (Fsp3) is 0.105. The standard InChI is InChI=1S/C19H18N4O4/c1-26-13-6-7-14(17(9-13)27-2)15-10-16(23-22-15)19(25)21-12-5-3-4-11(8-12)18(20)24/h3-10H,1-2H3,(H2,20,24)(H,21,25)(H,22,23). The summed E-state index contributed by atoms with van der Waals surface area (Å²) in [7, 11) is 3.11. The number of nitrogens with two attached hydrogens (primary N) is 1. The largest absolute Gasteiger partial charge is 0.497 e. The van der Waals surface area contributed by atoms with Crippen LogP contribution in [0.15, 0.2) is 48.5 Å². The second-order valence-corrected chi connectivity index (χ2v) is 5.63. The molecule has 0 saturated heterocycles. The number of ether oxygens (including phenoxy) is 2. The Balaban J connectivity index is 1.82. The van der Waals surface area contributed by atoms with Crippen LogP contribution >= 0.6 is 0 Å². The summed E-state index contributed by atoms with van der Waals surface area (Å²) < 4.78 is 10.5. The second-order valence-electron chi connectivity index (χ2n) is 5.63. The van der Waals surface area contributed by atoms with Crippen molar-refractivity contribution in [3.05, 3.63) is 59.8 Å². The molecule has 0 atom stereocenters. The van der Waals surface area contributed by atoms with Crippen molar-refractivity contribution >= 4 is 17.5 Å². The molecule has 8 heteroatoms. The lowest BCUT2D eigenvalue weighted by Crippen LogP contribution is -2.14. The predicted molar refractivity (Wildman–Crippen MR) is 100 cm³/mol. The van der Waals surface area contributed by atoms with Crippen molar-refractivity contribution < 1.29 is 19.1 Å². The second kappa shape index (κ2) is 7.61. The van der Waals surface area contributed by atoms with E-state index in [-0.39, 0.29) is 5.69 Å². The van der Waals surface area contributed by atoms with Crippen LogP contribution in [0.4, 0.5) is 5.69 Å². The van der Waals surface area contributed by atoms with E-state index in [2.05, 4.69) is 15.5 Å². The van der Waals surface area contributed by atoms with E-state index in [4.69, 9.17) is 15.2 Å². The van der Waals surface area contributed by atoms with E-state index in [1.54, 1.807) is 56.7 Å². The maximum absolute atomic E-state index is 12.4. The molecule has 4 N–H and O–H groups in total. The Hall–Kier alpha value is -3.81. The quantitative estimate of drug-likeness (QED) is 0.619. The number of methoxy groups -OCH3 is 2. The minimum absolute atomic E-state index is 0.257. The molecule has 0 aliphatic rings. The van der Waals surface area contributed by atoms with Crippen LogP contribution in [-0.2, 0) is 0 Å². The molecule has 138 valence electrons. The van der Waals surface area contributed by atoms with Crippen LogP contribution in [0, 0.1) is 0 Å². The van der Waals surface area contributed by atoms with Gasteiger partial charge in [0.2, 0.25) is 5.91 Å². The van der Waals surface area contributed by atoms with Gasteiger partial charge in [0.15, 0.2) is 0 Å². The van der Waals surface area contributed by atoms with Gasteiger partial charge in [-0.3, -0.25) is 14.7 Å². The summed E-state index contributed by atoms with van der Waals surface area (Å²) in [6.07, 6.45) is 0. The SMILES string of the molecule is COc1ccc(-c2cc(C(=O)Nc3cccc(C(N)=O)c3)[nH]n2)c(OC)c1. The average molecular weight is 366 g/mol. The van der Waals surface area contributed by atoms with Crippen LogP contribution in [0.2, 0.25) is 0 Å². The van der Waals surface area contributed by atoms with Crippen molar-refractivity contribution in [2.24, 2.45) is 5.73 Å². The molecular weight excluding hydrogens is 348 g/mol.